The van der Waals surface area contributed by atoms with Crippen molar-refractivity contribution in [2.24, 2.45) is 0 Å². The van der Waals surface area contributed by atoms with Gasteiger partial charge < -0.3 is 9.79 Å². The molecular weight excluding hydrogens is 579 g/mol. The van der Waals surface area contributed by atoms with Gasteiger partial charge in [-0.05, 0) is 12.8 Å². The monoisotopic (exact) mass is 650 g/mol. The highest BCUT2D eigenvalue weighted by atomic mass is 79.9. The van der Waals surface area contributed by atoms with E-state index in [2.05, 4.69) is 15.9 Å². The van der Waals surface area contributed by atoms with E-state index < -0.39 is 7.60 Å². The smallest absolute Gasteiger partial charge is 0.324 e. The van der Waals surface area contributed by atoms with Crippen LogP contribution >= 0.6 is 23.5 Å². The van der Waals surface area contributed by atoms with Crippen LogP contribution in [0, 0.1) is 0 Å². The van der Waals surface area contributed by atoms with Crippen molar-refractivity contribution >= 4 is 23.5 Å². The maximum atomic E-state index is 10.8. The molecule has 3 nitrogen and oxygen atoms in total. The molecule has 40 heavy (non-hydrogen) atoms. The fourth-order valence-corrected chi connectivity index (χ4v) is 6.92. The van der Waals surface area contributed by atoms with Gasteiger partial charge in [0.05, 0.1) is 0 Å². The van der Waals surface area contributed by atoms with Crippen molar-refractivity contribution in [1.29, 1.82) is 0 Å². The van der Waals surface area contributed by atoms with Crippen LogP contribution in [0.1, 0.15) is 212 Å². The molecule has 0 aliphatic rings. The minimum Gasteiger partial charge on any atom is -0.324 e. The van der Waals surface area contributed by atoms with Gasteiger partial charge in [-0.15, -0.1) is 0 Å². The van der Waals surface area contributed by atoms with Crippen molar-refractivity contribution in [3.63, 3.8) is 0 Å². The molecule has 0 heterocycles. The van der Waals surface area contributed by atoms with Gasteiger partial charge in [0, 0.05) is 11.5 Å². The quantitative estimate of drug-likeness (QED) is 0.0407. The number of hydrogen-bond donors (Lipinski definition) is 2. The second kappa shape index (κ2) is 34.1. The third-order valence-electron chi connectivity index (χ3n) is 8.58. The third-order valence-corrected chi connectivity index (χ3v) is 10.0. The Morgan fingerprint density at radius 1 is 0.300 bits per heavy atom. The maximum Gasteiger partial charge on any atom is 0.325 e. The van der Waals surface area contributed by atoms with Crippen LogP contribution in [-0.4, -0.2) is 21.3 Å². The predicted octanol–water partition coefficient (Wildman–Crippen LogP) is 13.4. The van der Waals surface area contributed by atoms with Crippen molar-refractivity contribution in [2.75, 3.05) is 11.5 Å². The Morgan fingerprint density at radius 2 is 0.450 bits per heavy atom. The number of unbranched alkanes of at least 4 members (excludes halogenated alkanes) is 32. The van der Waals surface area contributed by atoms with Crippen LogP contribution in [0.4, 0.5) is 0 Å². The molecule has 5 heteroatoms. The first kappa shape index (κ1) is 40.6. The average molecular weight is 652 g/mol. The van der Waals surface area contributed by atoms with Crippen LogP contribution in [-0.2, 0) is 4.57 Å². The normalized spacial score (nSPS) is 12.0. The van der Waals surface area contributed by atoms with E-state index in [0.717, 1.165) is 12.8 Å². The minimum absolute atomic E-state index is 0.0615. The van der Waals surface area contributed by atoms with Crippen LogP contribution in [0.25, 0.3) is 0 Å². The molecule has 0 aliphatic heterocycles. The first-order valence-electron chi connectivity index (χ1n) is 18.2. The Kier molecular flexibility index (Phi) is 34.7. The van der Waals surface area contributed by atoms with Gasteiger partial charge in [0.15, 0.2) is 0 Å². The molecule has 0 fully saturated rings. The Bertz CT molecular complexity index is 511. The topological polar surface area (TPSA) is 57.5 Å². The van der Waals surface area contributed by atoms with Crippen LogP contribution in [0.3, 0.4) is 0 Å². The summed E-state index contributed by atoms with van der Waals surface area (Å²) in [4.78, 5) is 17.7. The molecule has 0 aromatic heterocycles. The van der Waals surface area contributed by atoms with Crippen LogP contribution in [0.2, 0.25) is 0 Å². The van der Waals surface area contributed by atoms with Gasteiger partial charge in [0.1, 0.15) is 0 Å². The van der Waals surface area contributed by atoms with Gasteiger partial charge in [0.25, 0.3) is 0 Å². The van der Waals surface area contributed by atoms with E-state index in [1.807, 2.05) is 0 Å². The zero-order valence-electron chi connectivity index (χ0n) is 26.9. The molecule has 242 valence electrons. The van der Waals surface area contributed by atoms with Crippen molar-refractivity contribution in [3.8, 4) is 0 Å². The molecule has 0 aromatic rings. The zero-order chi connectivity index (χ0) is 29.2. The molecule has 0 saturated heterocycles. The van der Waals surface area contributed by atoms with Crippen molar-refractivity contribution < 1.29 is 14.4 Å². The Hall–Kier alpha value is 0.630. The molecule has 0 amide bonds. The molecule has 0 bridgehead atoms. The maximum absolute atomic E-state index is 10.8. The fourth-order valence-electron chi connectivity index (χ4n) is 5.89. The molecule has 0 radical (unpaired) electrons. The highest BCUT2D eigenvalue weighted by Gasteiger charge is 2.10. The van der Waals surface area contributed by atoms with Gasteiger partial charge in [-0.25, -0.2) is 0 Å². The summed E-state index contributed by atoms with van der Waals surface area (Å²) < 4.78 is 10.8. The van der Waals surface area contributed by atoms with Gasteiger partial charge >= 0.3 is 7.60 Å². The molecule has 2 N–H and O–H groups in total. The fraction of sp³-hybridized carbons (Fsp3) is 1.00. The molecule has 0 unspecified atom stereocenters. The number of alkyl halides is 1. The Balaban J connectivity index is 3.04. The van der Waals surface area contributed by atoms with Crippen LogP contribution < -0.4 is 0 Å². The SMILES string of the molecule is O=P(O)(O)CCCCCCCCCCCCCCCCCCCCCCCCCCCCCCCCCCCBr. The van der Waals surface area contributed by atoms with Gasteiger partial charge in [-0.1, -0.05) is 215 Å². The third kappa shape index (κ3) is 38.6. The molecule has 0 aromatic carbocycles. The highest BCUT2D eigenvalue weighted by molar-refractivity contribution is 9.09. The molecule has 0 aliphatic carbocycles. The van der Waals surface area contributed by atoms with Crippen molar-refractivity contribution in [3.05, 3.63) is 0 Å². The largest absolute Gasteiger partial charge is 0.325 e. The van der Waals surface area contributed by atoms with E-state index in [0.29, 0.717) is 6.42 Å². The van der Waals surface area contributed by atoms with Crippen molar-refractivity contribution in [1.82, 2.24) is 0 Å². The summed E-state index contributed by atoms with van der Waals surface area (Å²) in [6.45, 7) is 0. The lowest BCUT2D eigenvalue weighted by atomic mass is 10.0. The summed E-state index contributed by atoms with van der Waals surface area (Å²) in [6.07, 6.45) is 45.6. The van der Waals surface area contributed by atoms with Crippen LogP contribution in [0.5, 0.6) is 0 Å². The summed E-state index contributed by atoms with van der Waals surface area (Å²) in [7, 11) is -3.77. The summed E-state index contributed by atoms with van der Waals surface area (Å²) in [6, 6.07) is 0. The van der Waals surface area contributed by atoms with Gasteiger partial charge in [0.2, 0.25) is 0 Å². The van der Waals surface area contributed by atoms with Crippen LogP contribution in [0.15, 0.2) is 0 Å². The summed E-state index contributed by atoms with van der Waals surface area (Å²) >= 11 is 3.52. The minimum atomic E-state index is -3.77. The van der Waals surface area contributed by atoms with Gasteiger partial charge in [-0.3, -0.25) is 4.57 Å². The first-order valence-corrected chi connectivity index (χ1v) is 21.1. The highest BCUT2D eigenvalue weighted by Crippen LogP contribution is 2.35. The van der Waals surface area contributed by atoms with E-state index >= 15 is 0 Å². The zero-order valence-corrected chi connectivity index (χ0v) is 29.4. The predicted molar refractivity (Wildman–Crippen MR) is 183 cm³/mol. The number of rotatable bonds is 35. The lowest BCUT2D eigenvalue weighted by Gasteiger charge is -2.05. The van der Waals surface area contributed by atoms with E-state index in [1.54, 1.807) is 0 Å². The van der Waals surface area contributed by atoms with E-state index in [9.17, 15) is 4.57 Å². The van der Waals surface area contributed by atoms with E-state index in [-0.39, 0.29) is 6.16 Å². The lowest BCUT2D eigenvalue weighted by Crippen LogP contribution is -1.88. The van der Waals surface area contributed by atoms with E-state index in [1.165, 1.54) is 198 Å². The van der Waals surface area contributed by atoms with Gasteiger partial charge in [-0.2, -0.15) is 0 Å². The summed E-state index contributed by atoms with van der Waals surface area (Å²) in [5, 5.41) is 1.18. The lowest BCUT2D eigenvalue weighted by molar-refractivity contribution is 0.370. The standard InChI is InChI=1S/C35H72BrO3P/c36-34-32-30-28-26-24-22-20-18-16-14-12-10-8-6-4-2-1-3-5-7-9-11-13-15-17-19-21-23-25-27-29-31-33-35-40(37,38)39/h1-35H2,(H2,37,38,39). The molecule has 0 saturated carbocycles. The van der Waals surface area contributed by atoms with E-state index in [4.69, 9.17) is 9.79 Å². The summed E-state index contributed by atoms with van der Waals surface area (Å²) in [5.41, 5.74) is 0. The molecule has 0 spiro atoms. The Labute approximate surface area is 260 Å². The number of hydrogen-bond acceptors (Lipinski definition) is 1. The molecule has 0 atom stereocenters. The average Bonchev–Trinajstić information content (AvgIpc) is 2.92. The van der Waals surface area contributed by atoms with Crippen molar-refractivity contribution in [2.45, 2.75) is 212 Å². The second-order valence-electron chi connectivity index (χ2n) is 12.7. The first-order chi connectivity index (χ1) is 19.6. The second-order valence-corrected chi connectivity index (χ2v) is 15.3. The number of halogens is 1. The summed E-state index contributed by atoms with van der Waals surface area (Å²) in [5.74, 6) is 0. The Morgan fingerprint density at radius 3 is 0.600 bits per heavy atom. The molecular formula is C35H72BrO3P. The molecule has 0 rings (SSSR count).